The number of carbonyl (C=O) groups is 1. The molecule has 0 aliphatic carbocycles. The number of nitrogens with one attached hydrogen (secondary N) is 1. The van der Waals surface area contributed by atoms with Crippen molar-refractivity contribution in [2.75, 3.05) is 6.54 Å². The van der Waals surface area contributed by atoms with Crippen LogP contribution >= 0.6 is 11.3 Å². The van der Waals surface area contributed by atoms with Crippen molar-refractivity contribution in [3.63, 3.8) is 0 Å². The van der Waals surface area contributed by atoms with E-state index in [0.717, 1.165) is 18.5 Å². The van der Waals surface area contributed by atoms with Crippen LogP contribution in [0.1, 0.15) is 17.7 Å². The van der Waals surface area contributed by atoms with Crippen LogP contribution in [0.25, 0.3) is 0 Å². The lowest BCUT2D eigenvalue weighted by Gasteiger charge is -2.05. The van der Waals surface area contributed by atoms with Crippen molar-refractivity contribution >= 4 is 17.2 Å². The van der Waals surface area contributed by atoms with E-state index < -0.39 is 0 Å². The first kappa shape index (κ1) is 12.8. The number of imidazole rings is 1. The maximum atomic E-state index is 11.6. The molecule has 0 atom stereocenters. The third-order valence-electron chi connectivity index (χ3n) is 2.84. The molecule has 18 heavy (non-hydrogen) atoms. The first-order valence-electron chi connectivity index (χ1n) is 5.98. The van der Waals surface area contributed by atoms with Crippen molar-refractivity contribution in [1.29, 1.82) is 0 Å². The van der Waals surface area contributed by atoms with E-state index in [4.69, 9.17) is 0 Å². The monoisotopic (exact) mass is 263 g/mol. The summed E-state index contributed by atoms with van der Waals surface area (Å²) in [6.45, 7) is 0.669. The minimum atomic E-state index is 0.114. The summed E-state index contributed by atoms with van der Waals surface area (Å²) in [7, 11) is 1.96. The predicted octanol–water partition coefficient (Wildman–Crippen LogP) is 1.77. The molecule has 96 valence electrons. The van der Waals surface area contributed by atoms with Crippen LogP contribution in [-0.4, -0.2) is 22.0 Å². The van der Waals surface area contributed by atoms with Gasteiger partial charge in [0.2, 0.25) is 5.91 Å². The zero-order valence-corrected chi connectivity index (χ0v) is 11.2. The van der Waals surface area contributed by atoms with E-state index in [9.17, 15) is 4.79 Å². The molecule has 2 rings (SSSR count). The van der Waals surface area contributed by atoms with E-state index >= 15 is 0 Å². The number of rotatable bonds is 6. The number of amides is 1. The first-order chi connectivity index (χ1) is 8.75. The van der Waals surface area contributed by atoms with E-state index in [1.54, 1.807) is 17.7 Å². The topological polar surface area (TPSA) is 46.9 Å². The molecule has 0 saturated heterocycles. The Labute approximate surface area is 111 Å². The van der Waals surface area contributed by atoms with Crippen molar-refractivity contribution in [3.8, 4) is 0 Å². The van der Waals surface area contributed by atoms with Gasteiger partial charge in [-0.05, 0) is 28.8 Å². The van der Waals surface area contributed by atoms with E-state index in [1.165, 1.54) is 5.56 Å². The third kappa shape index (κ3) is 3.70. The van der Waals surface area contributed by atoms with Crippen LogP contribution in [0.2, 0.25) is 0 Å². The molecule has 0 aliphatic rings. The minimum absolute atomic E-state index is 0.114. The Balaban J connectivity index is 1.65. The lowest BCUT2D eigenvalue weighted by Crippen LogP contribution is -2.26. The molecule has 0 saturated carbocycles. The third-order valence-corrected chi connectivity index (χ3v) is 3.57. The number of aromatic nitrogens is 2. The molecule has 2 heterocycles. The highest BCUT2D eigenvalue weighted by Crippen LogP contribution is 2.08. The van der Waals surface area contributed by atoms with E-state index in [0.29, 0.717) is 13.0 Å². The van der Waals surface area contributed by atoms with Crippen LogP contribution in [0, 0.1) is 0 Å². The van der Waals surface area contributed by atoms with Gasteiger partial charge in [0.05, 0.1) is 6.33 Å². The van der Waals surface area contributed by atoms with Crippen molar-refractivity contribution in [1.82, 2.24) is 14.9 Å². The zero-order chi connectivity index (χ0) is 12.8. The molecule has 0 fully saturated rings. The summed E-state index contributed by atoms with van der Waals surface area (Å²) in [6.07, 6.45) is 5.80. The number of hydrogen-bond acceptors (Lipinski definition) is 3. The molecule has 0 unspecified atom stereocenters. The highest BCUT2D eigenvalue weighted by atomic mass is 32.1. The molecule has 0 spiro atoms. The van der Waals surface area contributed by atoms with Gasteiger partial charge in [-0.25, -0.2) is 4.98 Å². The SMILES string of the molecule is Cn1cncc1CCNC(=O)CCc1ccsc1. The maximum Gasteiger partial charge on any atom is 0.220 e. The number of thiophene rings is 1. The summed E-state index contributed by atoms with van der Waals surface area (Å²) in [4.78, 5) is 15.7. The van der Waals surface area contributed by atoms with Crippen LogP contribution in [0.5, 0.6) is 0 Å². The number of carbonyl (C=O) groups excluding carboxylic acids is 1. The lowest BCUT2D eigenvalue weighted by atomic mass is 10.2. The highest BCUT2D eigenvalue weighted by Gasteiger charge is 2.03. The molecule has 0 radical (unpaired) electrons. The van der Waals surface area contributed by atoms with Gasteiger partial charge in [-0.2, -0.15) is 11.3 Å². The fourth-order valence-corrected chi connectivity index (χ4v) is 2.44. The molecule has 2 aromatic rings. The Bertz CT molecular complexity index is 490. The molecule has 5 heteroatoms. The Hall–Kier alpha value is -1.62. The van der Waals surface area contributed by atoms with Crippen molar-refractivity contribution in [2.45, 2.75) is 19.3 Å². The second-order valence-electron chi connectivity index (χ2n) is 4.23. The number of aryl methyl sites for hydroxylation is 2. The molecule has 2 aromatic heterocycles. The molecular formula is C13H17N3OS. The Morgan fingerprint density at radius 2 is 2.39 bits per heavy atom. The van der Waals surface area contributed by atoms with E-state index in [-0.39, 0.29) is 5.91 Å². The lowest BCUT2D eigenvalue weighted by molar-refractivity contribution is -0.121. The van der Waals surface area contributed by atoms with Crippen LogP contribution < -0.4 is 5.32 Å². The second kappa shape index (κ2) is 6.35. The summed E-state index contributed by atoms with van der Waals surface area (Å²) in [5.74, 6) is 0.114. The van der Waals surface area contributed by atoms with E-state index in [2.05, 4.69) is 21.7 Å². The molecule has 0 aromatic carbocycles. The minimum Gasteiger partial charge on any atom is -0.356 e. The Morgan fingerprint density at radius 1 is 1.50 bits per heavy atom. The molecule has 1 amide bonds. The smallest absolute Gasteiger partial charge is 0.220 e. The van der Waals surface area contributed by atoms with Crippen LogP contribution in [-0.2, 0) is 24.7 Å². The fourth-order valence-electron chi connectivity index (χ4n) is 1.74. The van der Waals surface area contributed by atoms with Gasteiger partial charge in [-0.1, -0.05) is 0 Å². The Kier molecular flexibility index (Phi) is 4.52. The average molecular weight is 263 g/mol. The summed E-state index contributed by atoms with van der Waals surface area (Å²) >= 11 is 1.67. The van der Waals surface area contributed by atoms with Gasteiger partial charge in [-0.15, -0.1) is 0 Å². The maximum absolute atomic E-state index is 11.6. The summed E-state index contributed by atoms with van der Waals surface area (Å²) < 4.78 is 1.97. The van der Waals surface area contributed by atoms with Gasteiger partial charge in [-0.3, -0.25) is 4.79 Å². The van der Waals surface area contributed by atoms with Crippen molar-refractivity contribution in [2.24, 2.45) is 7.05 Å². The summed E-state index contributed by atoms with van der Waals surface area (Å²) in [6, 6.07) is 2.06. The van der Waals surface area contributed by atoms with Gasteiger partial charge in [0, 0.05) is 38.3 Å². The molecule has 0 aliphatic heterocycles. The number of nitrogens with zero attached hydrogens (tertiary/aromatic N) is 2. The van der Waals surface area contributed by atoms with Crippen LogP contribution in [0.3, 0.4) is 0 Å². The fraction of sp³-hybridized carbons (Fsp3) is 0.385. The average Bonchev–Trinajstić information content (AvgIpc) is 2.99. The molecule has 1 N–H and O–H groups in total. The van der Waals surface area contributed by atoms with E-state index in [1.807, 2.05) is 23.2 Å². The molecule has 4 nitrogen and oxygen atoms in total. The Morgan fingerprint density at radius 3 is 3.06 bits per heavy atom. The summed E-state index contributed by atoms with van der Waals surface area (Å²) in [5.41, 5.74) is 2.37. The predicted molar refractivity (Wildman–Crippen MR) is 72.6 cm³/mol. The first-order valence-corrected chi connectivity index (χ1v) is 6.93. The van der Waals surface area contributed by atoms with Gasteiger partial charge in [0.1, 0.15) is 0 Å². The molecular weight excluding hydrogens is 246 g/mol. The zero-order valence-electron chi connectivity index (χ0n) is 10.4. The van der Waals surface area contributed by atoms with Crippen LogP contribution in [0.4, 0.5) is 0 Å². The standard InChI is InChI=1S/C13H17N3OS/c1-16-10-14-8-12(16)4-6-15-13(17)3-2-11-5-7-18-9-11/h5,7-10H,2-4,6H2,1H3,(H,15,17). The largest absolute Gasteiger partial charge is 0.356 e. The highest BCUT2D eigenvalue weighted by molar-refractivity contribution is 7.07. The van der Waals surface area contributed by atoms with Gasteiger partial charge in [0.25, 0.3) is 0 Å². The van der Waals surface area contributed by atoms with Gasteiger partial charge < -0.3 is 9.88 Å². The van der Waals surface area contributed by atoms with Crippen LogP contribution in [0.15, 0.2) is 29.4 Å². The van der Waals surface area contributed by atoms with Gasteiger partial charge in [0.15, 0.2) is 0 Å². The summed E-state index contributed by atoms with van der Waals surface area (Å²) in [5, 5.41) is 7.06. The van der Waals surface area contributed by atoms with Crippen molar-refractivity contribution < 1.29 is 4.79 Å². The van der Waals surface area contributed by atoms with Crippen molar-refractivity contribution in [3.05, 3.63) is 40.6 Å². The quantitative estimate of drug-likeness (QED) is 0.863. The second-order valence-corrected chi connectivity index (χ2v) is 5.01. The molecule has 0 bridgehead atoms. The normalized spacial score (nSPS) is 10.5. The van der Waals surface area contributed by atoms with Gasteiger partial charge >= 0.3 is 0 Å². The number of hydrogen-bond donors (Lipinski definition) is 1.